The molecule has 0 saturated carbocycles. The van der Waals surface area contributed by atoms with E-state index in [1.165, 1.54) is 36.4 Å². The van der Waals surface area contributed by atoms with Gasteiger partial charge in [-0.25, -0.2) is 4.39 Å². The van der Waals surface area contributed by atoms with Gasteiger partial charge < -0.3 is 9.84 Å². The van der Waals surface area contributed by atoms with Crippen molar-refractivity contribution in [2.75, 3.05) is 11.5 Å². The van der Waals surface area contributed by atoms with Crippen LogP contribution in [0.25, 0.3) is 5.76 Å². The van der Waals surface area contributed by atoms with E-state index in [0.29, 0.717) is 17.9 Å². The second kappa shape index (κ2) is 9.49. The predicted octanol–water partition coefficient (Wildman–Crippen LogP) is 6.47. The smallest absolute Gasteiger partial charge is 0.300 e. The summed E-state index contributed by atoms with van der Waals surface area (Å²) >= 11 is 12.3. The number of benzene rings is 3. The Morgan fingerprint density at radius 2 is 1.74 bits per heavy atom. The molecule has 8 heteroatoms. The highest BCUT2D eigenvalue weighted by atomic mass is 35.5. The average Bonchev–Trinajstić information content (AvgIpc) is 3.05. The number of ether oxygens (including phenoxy) is 1. The van der Waals surface area contributed by atoms with Gasteiger partial charge in [0.25, 0.3) is 11.7 Å². The van der Waals surface area contributed by atoms with Crippen molar-refractivity contribution in [3.63, 3.8) is 0 Å². The Balaban J connectivity index is 1.95. The molecular formula is C26H20Cl2FNO4. The minimum absolute atomic E-state index is 0.0435. The molecule has 1 unspecified atom stereocenters. The van der Waals surface area contributed by atoms with Crippen molar-refractivity contribution in [1.29, 1.82) is 0 Å². The van der Waals surface area contributed by atoms with E-state index in [2.05, 4.69) is 0 Å². The van der Waals surface area contributed by atoms with Crippen LogP contribution in [-0.4, -0.2) is 23.4 Å². The van der Waals surface area contributed by atoms with Gasteiger partial charge in [-0.2, -0.15) is 0 Å². The van der Waals surface area contributed by atoms with Crippen LogP contribution in [-0.2, 0) is 9.59 Å². The number of anilines is 1. The minimum Gasteiger partial charge on any atom is -0.507 e. The van der Waals surface area contributed by atoms with E-state index in [9.17, 15) is 19.1 Å². The molecule has 1 fully saturated rings. The Morgan fingerprint density at radius 3 is 2.35 bits per heavy atom. The van der Waals surface area contributed by atoms with Crippen molar-refractivity contribution >= 4 is 46.3 Å². The molecule has 0 radical (unpaired) electrons. The molecule has 1 atom stereocenters. The van der Waals surface area contributed by atoms with Crippen LogP contribution in [0, 0.1) is 12.7 Å². The number of rotatable bonds is 5. The minimum atomic E-state index is -1.23. The van der Waals surface area contributed by atoms with Crippen LogP contribution >= 0.6 is 23.2 Å². The summed E-state index contributed by atoms with van der Waals surface area (Å²) in [5.41, 5.74) is 1.03. The fraction of sp³-hybridized carbons (Fsp3) is 0.154. The number of aliphatic hydroxyl groups excluding tert-OH is 1. The number of ketones is 1. The molecule has 174 valence electrons. The highest BCUT2D eigenvalue weighted by Crippen LogP contribution is 2.44. The van der Waals surface area contributed by atoms with Gasteiger partial charge in [0.1, 0.15) is 17.3 Å². The number of hydrogen-bond acceptors (Lipinski definition) is 4. The normalized spacial score (nSPS) is 17.3. The first kappa shape index (κ1) is 23.8. The maximum atomic E-state index is 15.0. The third-order valence-corrected chi connectivity index (χ3v) is 5.95. The van der Waals surface area contributed by atoms with Crippen LogP contribution in [0.15, 0.2) is 66.2 Å². The summed E-state index contributed by atoms with van der Waals surface area (Å²) in [6.07, 6.45) is 0. The molecular weight excluding hydrogens is 480 g/mol. The lowest BCUT2D eigenvalue weighted by Crippen LogP contribution is -2.29. The van der Waals surface area contributed by atoms with Crippen LogP contribution in [0.4, 0.5) is 10.1 Å². The van der Waals surface area contributed by atoms with E-state index in [1.807, 2.05) is 6.92 Å². The molecule has 0 spiro atoms. The molecule has 1 saturated heterocycles. The summed E-state index contributed by atoms with van der Waals surface area (Å²) in [5, 5.41) is 11.7. The van der Waals surface area contributed by atoms with Crippen molar-refractivity contribution in [2.24, 2.45) is 0 Å². The van der Waals surface area contributed by atoms with E-state index >= 15 is 0 Å². The number of aryl methyl sites for hydroxylation is 1. The first-order chi connectivity index (χ1) is 16.2. The number of carbonyl (C=O) groups is 2. The largest absolute Gasteiger partial charge is 0.507 e. The molecule has 1 aliphatic rings. The summed E-state index contributed by atoms with van der Waals surface area (Å²) < 4.78 is 20.5. The van der Waals surface area contributed by atoms with Crippen molar-refractivity contribution in [3.8, 4) is 5.75 Å². The number of carbonyl (C=O) groups excluding carboxylic acids is 2. The molecule has 3 aromatic rings. The van der Waals surface area contributed by atoms with Crippen LogP contribution in [0.5, 0.6) is 5.75 Å². The Morgan fingerprint density at radius 1 is 1.06 bits per heavy atom. The van der Waals surface area contributed by atoms with Gasteiger partial charge in [0.2, 0.25) is 0 Å². The zero-order valence-corrected chi connectivity index (χ0v) is 19.8. The Kier molecular flexibility index (Phi) is 6.64. The standard InChI is InChI=1S/C26H20Cl2FNO4/c1-3-34-21-9-8-15(10-14(21)2)24(31)22-23(19-6-4-5-7-20(19)29)30(26(33)25(22)32)18-12-16(27)11-17(28)13-18/h4-13,23,31H,3H2,1-2H3/b24-22+. The SMILES string of the molecule is CCOc1ccc(/C(O)=C2\C(=O)C(=O)N(c3cc(Cl)cc(Cl)c3)C2c2ccccc2F)cc1C. The number of hydrogen-bond donors (Lipinski definition) is 1. The van der Waals surface area contributed by atoms with E-state index in [1.54, 1.807) is 31.2 Å². The first-order valence-corrected chi connectivity index (χ1v) is 11.2. The monoisotopic (exact) mass is 499 g/mol. The van der Waals surface area contributed by atoms with E-state index in [0.717, 1.165) is 10.5 Å². The maximum absolute atomic E-state index is 15.0. The number of nitrogens with zero attached hydrogens (tertiary/aromatic N) is 1. The van der Waals surface area contributed by atoms with Crippen LogP contribution < -0.4 is 9.64 Å². The molecule has 0 aliphatic carbocycles. The topological polar surface area (TPSA) is 66.8 Å². The van der Waals surface area contributed by atoms with Crippen molar-refractivity contribution in [3.05, 3.63) is 98.8 Å². The third kappa shape index (κ3) is 4.27. The second-order valence-corrected chi connectivity index (χ2v) is 8.60. The lowest BCUT2D eigenvalue weighted by Gasteiger charge is -2.26. The Labute approximate surface area is 206 Å². The molecule has 0 aromatic heterocycles. The molecule has 1 N–H and O–H groups in total. The van der Waals surface area contributed by atoms with Crippen molar-refractivity contribution in [1.82, 2.24) is 0 Å². The first-order valence-electron chi connectivity index (χ1n) is 10.5. The average molecular weight is 500 g/mol. The zero-order valence-electron chi connectivity index (χ0n) is 18.3. The second-order valence-electron chi connectivity index (χ2n) is 7.73. The molecule has 1 amide bonds. The highest BCUT2D eigenvalue weighted by Gasteiger charge is 2.48. The number of Topliss-reactive ketones (excluding diaryl/α,β-unsaturated/α-hetero) is 1. The summed E-state index contributed by atoms with van der Waals surface area (Å²) in [6, 6.07) is 13.8. The van der Waals surface area contributed by atoms with Gasteiger partial charge in [0.05, 0.1) is 18.2 Å². The lowest BCUT2D eigenvalue weighted by atomic mass is 9.94. The predicted molar refractivity (Wildman–Crippen MR) is 130 cm³/mol. The van der Waals surface area contributed by atoms with E-state index < -0.39 is 29.3 Å². The number of halogens is 3. The molecule has 34 heavy (non-hydrogen) atoms. The van der Waals surface area contributed by atoms with Crippen LogP contribution in [0.1, 0.15) is 29.7 Å². The van der Waals surface area contributed by atoms with Gasteiger partial charge in [-0.05, 0) is 61.9 Å². The van der Waals surface area contributed by atoms with Gasteiger partial charge in [0, 0.05) is 26.9 Å². The summed E-state index contributed by atoms with van der Waals surface area (Å²) in [4.78, 5) is 27.5. The van der Waals surface area contributed by atoms with E-state index in [4.69, 9.17) is 27.9 Å². The van der Waals surface area contributed by atoms with Crippen LogP contribution in [0.2, 0.25) is 10.0 Å². The number of aliphatic hydroxyl groups is 1. The van der Waals surface area contributed by atoms with Crippen molar-refractivity contribution < 1.29 is 23.8 Å². The summed E-state index contributed by atoms with van der Waals surface area (Å²) in [6.45, 7) is 4.11. The molecule has 1 heterocycles. The highest BCUT2D eigenvalue weighted by molar-refractivity contribution is 6.52. The molecule has 4 rings (SSSR count). The van der Waals surface area contributed by atoms with Crippen LogP contribution in [0.3, 0.4) is 0 Å². The third-order valence-electron chi connectivity index (χ3n) is 5.52. The summed E-state index contributed by atoms with van der Waals surface area (Å²) in [7, 11) is 0. The molecule has 1 aliphatic heterocycles. The van der Waals surface area contributed by atoms with Gasteiger partial charge in [0.15, 0.2) is 0 Å². The van der Waals surface area contributed by atoms with E-state index in [-0.39, 0.29) is 26.9 Å². The Bertz CT molecular complexity index is 1320. The van der Waals surface area contributed by atoms with Gasteiger partial charge in [-0.15, -0.1) is 0 Å². The maximum Gasteiger partial charge on any atom is 0.300 e. The molecule has 3 aromatic carbocycles. The van der Waals surface area contributed by atoms with Gasteiger partial charge >= 0.3 is 0 Å². The van der Waals surface area contributed by atoms with Gasteiger partial charge in [-0.1, -0.05) is 41.4 Å². The fourth-order valence-corrected chi connectivity index (χ4v) is 4.55. The fourth-order valence-electron chi connectivity index (χ4n) is 4.04. The summed E-state index contributed by atoms with van der Waals surface area (Å²) in [5.74, 6) is -2.32. The molecule has 0 bridgehead atoms. The Hall–Kier alpha value is -3.35. The number of amides is 1. The molecule has 5 nitrogen and oxygen atoms in total. The quantitative estimate of drug-likeness (QED) is 0.248. The zero-order chi connectivity index (χ0) is 24.6. The van der Waals surface area contributed by atoms with Crippen molar-refractivity contribution in [2.45, 2.75) is 19.9 Å². The lowest BCUT2D eigenvalue weighted by molar-refractivity contribution is -0.132. The van der Waals surface area contributed by atoms with Gasteiger partial charge in [-0.3, -0.25) is 14.5 Å².